The van der Waals surface area contributed by atoms with Crippen molar-refractivity contribution in [3.8, 4) is 5.75 Å². The summed E-state index contributed by atoms with van der Waals surface area (Å²) in [5.74, 6) is 0.954. The van der Waals surface area contributed by atoms with E-state index in [1.54, 1.807) is 0 Å². The zero-order chi connectivity index (χ0) is 16.4. The minimum atomic E-state index is -0.340. The number of likely N-dealkylation sites (tertiary alicyclic amines) is 1. The van der Waals surface area contributed by atoms with Gasteiger partial charge in [0.15, 0.2) is 0 Å². The van der Waals surface area contributed by atoms with E-state index in [0.29, 0.717) is 19.2 Å². The van der Waals surface area contributed by atoms with E-state index in [1.807, 2.05) is 6.92 Å². The minimum absolute atomic E-state index is 0.181. The molecule has 2 aliphatic heterocycles. The molecule has 0 aromatic heterocycles. The highest BCUT2D eigenvalue weighted by molar-refractivity contribution is 5.41. The number of hydrogen-bond acceptors (Lipinski definition) is 5. The maximum Gasteiger partial charge on any atom is 0.120 e. The largest absolute Gasteiger partial charge is 0.490 e. The summed E-state index contributed by atoms with van der Waals surface area (Å²) in [6.45, 7) is 6.10. The zero-order valence-corrected chi connectivity index (χ0v) is 14.2. The van der Waals surface area contributed by atoms with Crippen molar-refractivity contribution < 1.29 is 9.84 Å². The van der Waals surface area contributed by atoms with Gasteiger partial charge in [0.2, 0.25) is 0 Å². The van der Waals surface area contributed by atoms with E-state index in [2.05, 4.69) is 35.0 Å². The van der Waals surface area contributed by atoms with Crippen LogP contribution in [0.4, 0.5) is 0 Å². The molecule has 0 radical (unpaired) electrons. The third-order valence-electron chi connectivity index (χ3n) is 4.98. The van der Waals surface area contributed by atoms with Gasteiger partial charge in [-0.05, 0) is 50.1 Å². The Morgan fingerprint density at radius 3 is 2.74 bits per heavy atom. The predicted octanol–water partition coefficient (Wildman–Crippen LogP) is 1.36. The van der Waals surface area contributed by atoms with E-state index < -0.39 is 0 Å². The second kappa shape index (κ2) is 7.18. The van der Waals surface area contributed by atoms with Gasteiger partial charge in [-0.3, -0.25) is 4.90 Å². The summed E-state index contributed by atoms with van der Waals surface area (Å²) in [5.41, 5.74) is 8.56. The molecule has 0 spiro atoms. The smallest absolute Gasteiger partial charge is 0.120 e. The molecule has 1 saturated heterocycles. The number of β-amino-alcohol motifs (C(OH)–C–C–N with tert-alkyl or cyclic N) is 1. The summed E-state index contributed by atoms with van der Waals surface area (Å²) in [4.78, 5) is 4.61. The van der Waals surface area contributed by atoms with E-state index in [1.165, 1.54) is 11.1 Å². The van der Waals surface area contributed by atoms with Crippen LogP contribution in [-0.2, 0) is 6.54 Å². The molecule has 5 nitrogen and oxygen atoms in total. The highest BCUT2D eigenvalue weighted by Gasteiger charge is 2.30. The Morgan fingerprint density at radius 2 is 2.09 bits per heavy atom. The van der Waals surface area contributed by atoms with Gasteiger partial charge in [0.1, 0.15) is 11.9 Å². The lowest BCUT2D eigenvalue weighted by molar-refractivity contribution is 0.105. The molecule has 2 atom stereocenters. The molecule has 23 heavy (non-hydrogen) atoms. The quantitative estimate of drug-likeness (QED) is 0.858. The number of piperidine rings is 1. The number of ether oxygens (including phenoxy) is 1. The summed E-state index contributed by atoms with van der Waals surface area (Å²) in [7, 11) is 2.16. The highest BCUT2D eigenvalue weighted by Crippen LogP contribution is 2.35. The van der Waals surface area contributed by atoms with Crippen LogP contribution in [-0.4, -0.2) is 60.3 Å². The van der Waals surface area contributed by atoms with Gasteiger partial charge >= 0.3 is 0 Å². The lowest BCUT2D eigenvalue weighted by Crippen LogP contribution is -2.35. The molecular formula is C18H29N3O2. The van der Waals surface area contributed by atoms with E-state index in [-0.39, 0.29) is 12.1 Å². The average Bonchev–Trinajstić information content (AvgIpc) is 2.85. The summed E-state index contributed by atoms with van der Waals surface area (Å²) in [6, 6.07) is 6.58. The van der Waals surface area contributed by atoms with Gasteiger partial charge in [-0.1, -0.05) is 6.07 Å². The molecule has 0 aliphatic carbocycles. The topological polar surface area (TPSA) is 62.0 Å². The van der Waals surface area contributed by atoms with E-state index in [4.69, 9.17) is 10.5 Å². The van der Waals surface area contributed by atoms with Crippen molar-refractivity contribution in [1.29, 1.82) is 0 Å². The lowest BCUT2D eigenvalue weighted by Gasteiger charge is -2.29. The van der Waals surface area contributed by atoms with Crippen molar-refractivity contribution in [3.63, 3.8) is 0 Å². The van der Waals surface area contributed by atoms with E-state index >= 15 is 0 Å². The molecule has 1 fully saturated rings. The molecule has 128 valence electrons. The van der Waals surface area contributed by atoms with Crippen molar-refractivity contribution in [1.82, 2.24) is 9.80 Å². The molecule has 3 N–H and O–H groups in total. The fraction of sp³-hybridized carbons (Fsp3) is 0.667. The first-order chi connectivity index (χ1) is 11.1. The number of aliphatic hydroxyl groups excluding tert-OH is 1. The Balaban J connectivity index is 1.70. The number of nitrogens with zero attached hydrogens (tertiary/aromatic N) is 2. The van der Waals surface area contributed by atoms with Crippen LogP contribution in [0.5, 0.6) is 5.75 Å². The van der Waals surface area contributed by atoms with Crippen molar-refractivity contribution in [2.24, 2.45) is 5.73 Å². The van der Waals surface area contributed by atoms with Gasteiger partial charge in [0.25, 0.3) is 0 Å². The fourth-order valence-corrected chi connectivity index (χ4v) is 3.73. The van der Waals surface area contributed by atoms with Crippen LogP contribution in [0.3, 0.4) is 0 Å². The van der Waals surface area contributed by atoms with Crippen LogP contribution in [0.25, 0.3) is 0 Å². The van der Waals surface area contributed by atoms with Gasteiger partial charge in [-0.25, -0.2) is 0 Å². The molecule has 5 heteroatoms. The van der Waals surface area contributed by atoms with Gasteiger partial charge in [0, 0.05) is 38.8 Å². The number of aliphatic hydroxyl groups is 1. The van der Waals surface area contributed by atoms with Crippen LogP contribution in [0.2, 0.25) is 0 Å². The third-order valence-corrected chi connectivity index (χ3v) is 4.98. The molecule has 1 aromatic carbocycles. The Bertz CT molecular complexity index is 527. The van der Waals surface area contributed by atoms with Gasteiger partial charge < -0.3 is 20.5 Å². The van der Waals surface area contributed by atoms with E-state index in [0.717, 1.165) is 38.2 Å². The zero-order valence-electron chi connectivity index (χ0n) is 14.2. The maximum absolute atomic E-state index is 9.69. The molecule has 0 bridgehead atoms. The van der Waals surface area contributed by atoms with Crippen molar-refractivity contribution in [2.45, 2.75) is 44.6 Å². The predicted molar refractivity (Wildman–Crippen MR) is 91.5 cm³/mol. The number of nitrogens with two attached hydrogens (primary N) is 1. The average molecular weight is 319 g/mol. The fourth-order valence-electron chi connectivity index (χ4n) is 3.73. The first-order valence-corrected chi connectivity index (χ1v) is 8.67. The molecule has 1 aromatic rings. The standard InChI is InChI=1S/C18H29N3O2/c1-13(22)11-21-12-14-3-4-16(9-17(14)18(21)10-19)23-15-5-7-20(2)8-6-15/h3-4,9,13,15,18,22H,5-8,10-12,19H2,1-2H3. The second-order valence-corrected chi connectivity index (χ2v) is 7.01. The maximum atomic E-state index is 9.69. The molecule has 2 aliphatic rings. The number of hydrogen-bond donors (Lipinski definition) is 2. The monoisotopic (exact) mass is 319 g/mol. The van der Waals surface area contributed by atoms with Crippen LogP contribution < -0.4 is 10.5 Å². The summed E-state index contributed by atoms with van der Waals surface area (Å²) in [6.07, 6.45) is 2.15. The highest BCUT2D eigenvalue weighted by atomic mass is 16.5. The summed E-state index contributed by atoms with van der Waals surface area (Å²) < 4.78 is 6.20. The molecule has 0 saturated carbocycles. The summed E-state index contributed by atoms with van der Waals surface area (Å²) in [5, 5.41) is 9.69. The SMILES string of the molecule is CC(O)CN1Cc2ccc(OC3CCN(C)CC3)cc2C1CN. The molecular weight excluding hydrogens is 290 g/mol. The normalized spacial score (nSPS) is 24.6. The van der Waals surface area contributed by atoms with E-state index in [9.17, 15) is 5.11 Å². The first kappa shape index (κ1) is 16.7. The molecule has 2 unspecified atom stereocenters. The minimum Gasteiger partial charge on any atom is -0.490 e. The first-order valence-electron chi connectivity index (χ1n) is 8.67. The van der Waals surface area contributed by atoms with Crippen molar-refractivity contribution in [2.75, 3.05) is 33.2 Å². The lowest BCUT2D eigenvalue weighted by atomic mass is 10.0. The summed E-state index contributed by atoms with van der Waals surface area (Å²) >= 11 is 0. The number of fused-ring (bicyclic) bond motifs is 1. The van der Waals surface area contributed by atoms with Crippen LogP contribution in [0, 0.1) is 0 Å². The van der Waals surface area contributed by atoms with Gasteiger partial charge in [0.05, 0.1) is 6.10 Å². The second-order valence-electron chi connectivity index (χ2n) is 7.01. The van der Waals surface area contributed by atoms with Crippen LogP contribution in [0.15, 0.2) is 18.2 Å². The number of rotatable bonds is 5. The Hall–Kier alpha value is -1.14. The van der Waals surface area contributed by atoms with Gasteiger partial charge in [-0.2, -0.15) is 0 Å². The van der Waals surface area contributed by atoms with Crippen molar-refractivity contribution in [3.05, 3.63) is 29.3 Å². The molecule has 3 rings (SSSR count). The third kappa shape index (κ3) is 3.86. The van der Waals surface area contributed by atoms with Crippen molar-refractivity contribution >= 4 is 0 Å². The van der Waals surface area contributed by atoms with Crippen LogP contribution >= 0.6 is 0 Å². The molecule has 0 amide bonds. The van der Waals surface area contributed by atoms with Gasteiger partial charge in [-0.15, -0.1) is 0 Å². The Labute approximate surface area is 139 Å². The Kier molecular flexibility index (Phi) is 5.21. The van der Waals surface area contributed by atoms with Crippen LogP contribution in [0.1, 0.15) is 36.9 Å². The molecule has 2 heterocycles. The Morgan fingerprint density at radius 1 is 1.35 bits per heavy atom. The number of benzene rings is 1.